The van der Waals surface area contributed by atoms with E-state index in [-0.39, 0.29) is 0 Å². The first-order valence-corrected chi connectivity index (χ1v) is 11.3. The van der Waals surface area contributed by atoms with Crippen molar-refractivity contribution in [2.75, 3.05) is 0 Å². The minimum Gasteiger partial charge on any atom is -0.442 e. The Bertz CT molecular complexity index is 1270. The maximum atomic E-state index is 5.54. The highest BCUT2D eigenvalue weighted by atomic mass is 127. The van der Waals surface area contributed by atoms with Gasteiger partial charge in [0, 0.05) is 14.7 Å². The van der Waals surface area contributed by atoms with Gasteiger partial charge in [0.25, 0.3) is 0 Å². The summed E-state index contributed by atoms with van der Waals surface area (Å²) in [6.45, 7) is 0.532. The molecule has 0 saturated heterocycles. The van der Waals surface area contributed by atoms with Crippen LogP contribution in [0.25, 0.3) is 17.1 Å². The minimum absolute atomic E-state index is 0.532. The fraction of sp³-hybridized carbons (Fsp3) is 0.208. The molecule has 0 unspecified atom stereocenters. The number of aliphatic imine (C=N–C) groups is 1. The third-order valence-corrected chi connectivity index (χ3v) is 7.10. The second kappa shape index (κ2) is 7.19. The van der Waals surface area contributed by atoms with Crippen molar-refractivity contribution in [2.45, 2.75) is 31.7 Å². The Morgan fingerprint density at radius 2 is 1.97 bits per heavy atom. The first-order chi connectivity index (χ1) is 14.8. The zero-order chi connectivity index (χ0) is 20.1. The van der Waals surface area contributed by atoms with Crippen molar-refractivity contribution in [3.8, 4) is 17.1 Å². The van der Waals surface area contributed by atoms with Gasteiger partial charge in [-0.2, -0.15) is 0 Å². The fourth-order valence-electron chi connectivity index (χ4n) is 4.34. The molecule has 148 valence electrons. The number of hydrogen-bond acceptors (Lipinski definition) is 4. The summed E-state index contributed by atoms with van der Waals surface area (Å²) in [5.74, 6) is 1.34. The van der Waals surface area contributed by atoms with Gasteiger partial charge in [0.05, 0.1) is 29.8 Å². The molecule has 0 bridgehead atoms. The molecular weight excluding hydrogens is 487 g/mol. The van der Waals surface area contributed by atoms with E-state index in [2.05, 4.69) is 79.6 Å². The number of fused-ring (bicyclic) bond motifs is 3. The molecule has 2 aliphatic rings. The van der Waals surface area contributed by atoms with Crippen LogP contribution in [0.1, 0.15) is 47.6 Å². The lowest BCUT2D eigenvalue weighted by atomic mass is 9.79. The molecule has 2 aromatic heterocycles. The molecule has 0 atom stereocenters. The molecule has 1 fully saturated rings. The summed E-state index contributed by atoms with van der Waals surface area (Å²) in [4.78, 5) is 13.8. The van der Waals surface area contributed by atoms with E-state index in [1.54, 1.807) is 6.20 Å². The van der Waals surface area contributed by atoms with Crippen LogP contribution in [0.5, 0.6) is 0 Å². The van der Waals surface area contributed by atoms with Crippen molar-refractivity contribution in [3.05, 3.63) is 87.3 Å². The van der Waals surface area contributed by atoms with Gasteiger partial charge in [0.2, 0.25) is 0 Å². The zero-order valence-corrected chi connectivity index (χ0v) is 18.4. The molecule has 6 heteroatoms. The van der Waals surface area contributed by atoms with Gasteiger partial charge in [-0.25, -0.2) is 9.97 Å². The van der Waals surface area contributed by atoms with E-state index in [4.69, 9.17) is 9.41 Å². The number of aromatic nitrogens is 3. The van der Waals surface area contributed by atoms with Crippen LogP contribution in [0.15, 0.2) is 70.8 Å². The van der Waals surface area contributed by atoms with E-state index in [0.29, 0.717) is 18.2 Å². The van der Waals surface area contributed by atoms with Crippen LogP contribution < -0.4 is 0 Å². The predicted molar refractivity (Wildman–Crippen MR) is 124 cm³/mol. The molecule has 1 aliphatic carbocycles. The molecular formula is C24H19IN4O. The summed E-state index contributed by atoms with van der Waals surface area (Å²) in [7, 11) is 0. The van der Waals surface area contributed by atoms with Crippen molar-refractivity contribution in [1.82, 2.24) is 14.5 Å². The Labute approximate surface area is 188 Å². The summed E-state index contributed by atoms with van der Waals surface area (Å²) < 4.78 is 8.90. The maximum Gasteiger partial charge on any atom is 0.181 e. The van der Waals surface area contributed by atoms with Gasteiger partial charge in [0.15, 0.2) is 12.2 Å². The van der Waals surface area contributed by atoms with Crippen molar-refractivity contribution < 1.29 is 4.42 Å². The summed E-state index contributed by atoms with van der Waals surface area (Å²) in [6.07, 6.45) is 8.91. The van der Waals surface area contributed by atoms with Gasteiger partial charge >= 0.3 is 0 Å². The standard InChI is InChI=1S/C24H19IN4O/c25-19-7-2-1-6-17(19)23-18-10-16(15-4-3-5-15)8-9-20(18)29-13-28-24(21(29)11-27-23)22-12-26-14-30-22/h1-2,6-10,12-15H,3-5,11H2. The molecule has 3 heterocycles. The molecule has 0 radical (unpaired) electrons. The summed E-state index contributed by atoms with van der Waals surface area (Å²) in [5.41, 5.74) is 7.73. The summed E-state index contributed by atoms with van der Waals surface area (Å²) >= 11 is 2.41. The third kappa shape index (κ3) is 2.85. The van der Waals surface area contributed by atoms with Crippen LogP contribution in [-0.2, 0) is 6.54 Å². The number of oxazole rings is 1. The lowest BCUT2D eigenvalue weighted by molar-refractivity contribution is 0.419. The molecule has 6 rings (SSSR count). The van der Waals surface area contributed by atoms with Gasteiger partial charge in [0.1, 0.15) is 12.0 Å². The molecule has 2 aromatic carbocycles. The Kier molecular flexibility index (Phi) is 4.33. The van der Waals surface area contributed by atoms with Gasteiger partial charge in [-0.1, -0.05) is 30.7 Å². The molecule has 0 amide bonds. The molecule has 0 N–H and O–H groups in total. The van der Waals surface area contributed by atoms with Crippen LogP contribution in [0.3, 0.4) is 0 Å². The van der Waals surface area contributed by atoms with Crippen LogP contribution in [-0.4, -0.2) is 20.2 Å². The normalized spacial score (nSPS) is 15.7. The van der Waals surface area contributed by atoms with Crippen molar-refractivity contribution in [2.24, 2.45) is 4.99 Å². The predicted octanol–water partition coefficient (Wildman–Crippen LogP) is 5.75. The molecule has 1 saturated carbocycles. The monoisotopic (exact) mass is 506 g/mol. The largest absolute Gasteiger partial charge is 0.442 e. The summed E-state index contributed by atoms with van der Waals surface area (Å²) in [6, 6.07) is 15.3. The van der Waals surface area contributed by atoms with Crippen molar-refractivity contribution >= 4 is 28.3 Å². The van der Waals surface area contributed by atoms with E-state index < -0.39 is 0 Å². The van der Waals surface area contributed by atoms with Gasteiger partial charge in [-0.3, -0.25) is 9.56 Å². The highest BCUT2D eigenvalue weighted by molar-refractivity contribution is 14.1. The average Bonchev–Trinajstić information content (AvgIpc) is 3.35. The van der Waals surface area contributed by atoms with Gasteiger partial charge < -0.3 is 4.42 Å². The average molecular weight is 506 g/mol. The highest BCUT2D eigenvalue weighted by Crippen LogP contribution is 2.39. The number of rotatable bonds is 3. The highest BCUT2D eigenvalue weighted by Gasteiger charge is 2.26. The van der Waals surface area contributed by atoms with Crippen molar-refractivity contribution in [3.63, 3.8) is 0 Å². The molecule has 1 aliphatic heterocycles. The third-order valence-electron chi connectivity index (χ3n) is 6.16. The van der Waals surface area contributed by atoms with E-state index in [0.717, 1.165) is 22.8 Å². The lowest BCUT2D eigenvalue weighted by Gasteiger charge is -2.27. The SMILES string of the molecule is Ic1ccccc1C1=NCc2c(-c3cnco3)ncn2-c2ccc(C3CCC3)cc21. The van der Waals surface area contributed by atoms with E-state index in [1.807, 2.05) is 6.33 Å². The number of nitrogens with zero attached hydrogens (tertiary/aromatic N) is 4. The first kappa shape index (κ1) is 18.1. The lowest BCUT2D eigenvalue weighted by Crippen LogP contribution is -2.13. The Morgan fingerprint density at radius 3 is 2.73 bits per heavy atom. The molecule has 0 spiro atoms. The number of imidazole rings is 1. The van der Waals surface area contributed by atoms with Crippen molar-refractivity contribution in [1.29, 1.82) is 0 Å². The molecule has 5 nitrogen and oxygen atoms in total. The fourth-order valence-corrected chi connectivity index (χ4v) is 4.99. The number of benzene rings is 2. The zero-order valence-electron chi connectivity index (χ0n) is 16.3. The first-order valence-electron chi connectivity index (χ1n) is 10.2. The number of hydrogen-bond donors (Lipinski definition) is 0. The van der Waals surface area contributed by atoms with E-state index >= 15 is 0 Å². The Morgan fingerprint density at radius 1 is 1.07 bits per heavy atom. The van der Waals surface area contributed by atoms with Crippen LogP contribution in [0.4, 0.5) is 0 Å². The Balaban J connectivity index is 1.58. The second-order valence-corrected chi connectivity index (χ2v) is 8.99. The summed E-state index contributed by atoms with van der Waals surface area (Å²) in [5, 5.41) is 0. The van der Waals surface area contributed by atoms with Crippen LogP contribution in [0.2, 0.25) is 0 Å². The van der Waals surface area contributed by atoms with E-state index in [9.17, 15) is 0 Å². The second-order valence-electron chi connectivity index (χ2n) is 7.82. The maximum absolute atomic E-state index is 5.54. The van der Waals surface area contributed by atoms with Gasteiger partial charge in [-0.15, -0.1) is 0 Å². The van der Waals surface area contributed by atoms with Crippen LogP contribution >= 0.6 is 22.6 Å². The van der Waals surface area contributed by atoms with Crippen LogP contribution in [0, 0.1) is 3.57 Å². The molecule has 30 heavy (non-hydrogen) atoms. The topological polar surface area (TPSA) is 56.2 Å². The smallest absolute Gasteiger partial charge is 0.181 e. The number of halogens is 1. The quantitative estimate of drug-likeness (QED) is 0.333. The Hall–Kier alpha value is -2.74. The van der Waals surface area contributed by atoms with E-state index in [1.165, 1.54) is 45.9 Å². The molecule has 4 aromatic rings. The minimum atomic E-state index is 0.532. The van der Waals surface area contributed by atoms with Gasteiger partial charge in [-0.05, 0) is 65.1 Å².